The average Bonchev–Trinajstić information content (AvgIpc) is 2.12. The Kier molecular flexibility index (Phi) is 35.4. The van der Waals surface area contributed by atoms with Gasteiger partial charge in [-0.25, -0.2) is 0 Å². The lowest BCUT2D eigenvalue weighted by molar-refractivity contribution is 0.253. The molecule has 0 heterocycles. The summed E-state index contributed by atoms with van der Waals surface area (Å²) in [5, 5.41) is 11.4. The Hall–Kier alpha value is 0.210. The third kappa shape index (κ3) is 25.4. The fourth-order valence-electron chi connectivity index (χ4n) is 0.413. The molecule has 0 aromatic rings. The molecule has 0 rings (SSSR count). The van der Waals surface area contributed by atoms with Gasteiger partial charge < -0.3 is 10.4 Å². The first-order chi connectivity index (χ1) is 5.31. The van der Waals surface area contributed by atoms with Crippen molar-refractivity contribution < 1.29 is 5.11 Å². The molecule has 0 fully saturated rings. The van der Waals surface area contributed by atoms with E-state index in [1.54, 1.807) is 0 Å². The molecule has 72 valence electrons. The number of aliphatic hydroxyl groups excluding tert-OH is 1. The summed E-state index contributed by atoms with van der Waals surface area (Å²) in [5.41, 5.74) is 0. The Labute approximate surface area is 76.0 Å². The fourth-order valence-corrected chi connectivity index (χ4v) is 0.413. The van der Waals surface area contributed by atoms with Crippen molar-refractivity contribution in [1.82, 2.24) is 5.32 Å². The maximum atomic E-state index is 8.40. The molecular formula is C8H22ClNO. The first-order valence-corrected chi connectivity index (χ1v) is 4.79. The predicted molar refractivity (Wildman–Crippen MR) is 53.3 cm³/mol. The summed E-state index contributed by atoms with van der Waals surface area (Å²) in [7, 11) is 0. The number of nitrogens with one attached hydrogen (secondary N) is 1. The summed E-state index contributed by atoms with van der Waals surface area (Å²) in [6.45, 7) is 9.13. The van der Waals surface area contributed by atoms with Crippen LogP contribution in [0.25, 0.3) is 0 Å². The van der Waals surface area contributed by atoms with Crippen LogP contribution in [-0.4, -0.2) is 30.7 Å². The Balaban J connectivity index is -0.000000138. The molecule has 0 aliphatic heterocycles. The van der Waals surface area contributed by atoms with Gasteiger partial charge in [-0.3, -0.25) is 0 Å². The number of rotatable bonds is 3. The maximum absolute atomic E-state index is 8.40. The zero-order valence-electron chi connectivity index (χ0n) is 8.32. The lowest BCUT2D eigenvalue weighted by Gasteiger charge is -2.05. The first-order valence-electron chi connectivity index (χ1n) is 4.03. The molecule has 0 saturated heterocycles. The summed E-state index contributed by atoms with van der Waals surface area (Å²) in [6, 6.07) is 0.255. The highest BCUT2D eigenvalue weighted by Crippen LogP contribution is 1.73. The largest absolute Gasteiger partial charge is 0.395 e. The van der Waals surface area contributed by atoms with Crippen LogP contribution in [0, 0.1) is 0 Å². The van der Waals surface area contributed by atoms with Gasteiger partial charge in [-0.05, 0) is 13.5 Å². The van der Waals surface area contributed by atoms with E-state index in [0.717, 1.165) is 6.54 Å². The number of hydrogen-bond donors (Lipinski definition) is 2. The van der Waals surface area contributed by atoms with Crippen molar-refractivity contribution in [2.75, 3.05) is 19.5 Å². The van der Waals surface area contributed by atoms with E-state index in [4.69, 9.17) is 5.11 Å². The fraction of sp³-hybridized carbons (Fsp3) is 1.00. The van der Waals surface area contributed by atoms with Crippen LogP contribution >= 0.6 is 11.6 Å². The second kappa shape index (κ2) is 22.5. The molecule has 2 nitrogen and oxygen atoms in total. The van der Waals surface area contributed by atoms with Gasteiger partial charge in [-0.15, -0.1) is 11.6 Å². The van der Waals surface area contributed by atoms with E-state index >= 15 is 0 Å². The lowest BCUT2D eigenvalue weighted by atomic mass is 10.4. The standard InChI is InChI=1S/C5H13NO.C2H6.CH3Cl/c1-3-6-5(2)4-7;2*1-2/h5-7H,3-4H2,1-2H3;1-2H3;1H3. The SMILES string of the molecule is CC.CCNC(C)CO.CCl. The number of alkyl halides is 1. The van der Waals surface area contributed by atoms with Crippen molar-refractivity contribution in [3.63, 3.8) is 0 Å². The monoisotopic (exact) mass is 183 g/mol. The third-order valence-corrected chi connectivity index (χ3v) is 0.826. The Bertz CT molecular complexity index is 45.1. The van der Waals surface area contributed by atoms with Gasteiger partial charge in [0.05, 0.1) is 6.61 Å². The van der Waals surface area contributed by atoms with E-state index in [-0.39, 0.29) is 12.6 Å². The average molecular weight is 184 g/mol. The van der Waals surface area contributed by atoms with Gasteiger partial charge in [-0.2, -0.15) is 0 Å². The topological polar surface area (TPSA) is 32.3 Å². The highest BCUT2D eigenvalue weighted by molar-refractivity contribution is 6.15. The summed E-state index contributed by atoms with van der Waals surface area (Å²) >= 11 is 4.64. The quantitative estimate of drug-likeness (QED) is 0.655. The third-order valence-electron chi connectivity index (χ3n) is 0.826. The normalized spacial score (nSPS) is 10.1. The summed E-state index contributed by atoms with van der Waals surface area (Å²) in [4.78, 5) is 0. The minimum atomic E-state index is 0.230. The predicted octanol–water partition coefficient (Wildman–Crippen LogP) is 1.86. The minimum absolute atomic E-state index is 0.230. The zero-order valence-corrected chi connectivity index (χ0v) is 9.07. The zero-order chi connectivity index (χ0) is 9.70. The van der Waals surface area contributed by atoms with Gasteiger partial charge in [-0.1, -0.05) is 20.8 Å². The molecule has 0 aromatic carbocycles. The van der Waals surface area contributed by atoms with E-state index in [2.05, 4.69) is 16.9 Å². The second-order valence-electron chi connectivity index (χ2n) is 1.64. The second-order valence-corrected chi connectivity index (χ2v) is 1.64. The van der Waals surface area contributed by atoms with E-state index in [9.17, 15) is 0 Å². The molecule has 0 bridgehead atoms. The number of aliphatic hydroxyl groups is 1. The van der Waals surface area contributed by atoms with Crippen LogP contribution in [0.4, 0.5) is 0 Å². The van der Waals surface area contributed by atoms with Gasteiger partial charge in [0.1, 0.15) is 0 Å². The van der Waals surface area contributed by atoms with E-state index in [1.165, 1.54) is 6.38 Å². The van der Waals surface area contributed by atoms with Crippen molar-refractivity contribution in [3.8, 4) is 0 Å². The van der Waals surface area contributed by atoms with Crippen LogP contribution in [0.2, 0.25) is 0 Å². The summed E-state index contributed by atoms with van der Waals surface area (Å²) in [5.74, 6) is 0. The summed E-state index contributed by atoms with van der Waals surface area (Å²) in [6.07, 6.45) is 1.47. The maximum Gasteiger partial charge on any atom is 0.0581 e. The molecule has 0 aliphatic rings. The molecule has 0 aliphatic carbocycles. The highest BCUT2D eigenvalue weighted by Gasteiger charge is 1.91. The molecule has 3 heteroatoms. The van der Waals surface area contributed by atoms with Gasteiger partial charge in [0.15, 0.2) is 0 Å². The number of hydrogen-bond acceptors (Lipinski definition) is 2. The Morgan fingerprint density at radius 2 is 1.73 bits per heavy atom. The van der Waals surface area contributed by atoms with Crippen molar-refractivity contribution in [3.05, 3.63) is 0 Å². The molecule has 1 unspecified atom stereocenters. The van der Waals surface area contributed by atoms with Gasteiger partial charge >= 0.3 is 0 Å². The molecule has 0 saturated carbocycles. The van der Waals surface area contributed by atoms with Gasteiger partial charge in [0, 0.05) is 12.4 Å². The van der Waals surface area contributed by atoms with Gasteiger partial charge in [0.2, 0.25) is 0 Å². The summed E-state index contributed by atoms with van der Waals surface area (Å²) < 4.78 is 0. The van der Waals surface area contributed by atoms with E-state index in [0.29, 0.717) is 0 Å². The molecule has 0 amide bonds. The lowest BCUT2D eigenvalue weighted by Crippen LogP contribution is -2.28. The molecule has 0 aromatic heterocycles. The van der Waals surface area contributed by atoms with E-state index < -0.39 is 0 Å². The molecule has 11 heavy (non-hydrogen) atoms. The first kappa shape index (κ1) is 17.3. The van der Waals surface area contributed by atoms with Crippen LogP contribution in [0.1, 0.15) is 27.7 Å². The molecular weight excluding hydrogens is 162 g/mol. The molecule has 0 spiro atoms. The Morgan fingerprint density at radius 1 is 1.36 bits per heavy atom. The molecule has 1 atom stereocenters. The van der Waals surface area contributed by atoms with Crippen LogP contribution < -0.4 is 5.32 Å². The van der Waals surface area contributed by atoms with Crippen molar-refractivity contribution in [2.24, 2.45) is 0 Å². The van der Waals surface area contributed by atoms with Crippen molar-refractivity contribution >= 4 is 11.6 Å². The van der Waals surface area contributed by atoms with Crippen molar-refractivity contribution in [2.45, 2.75) is 33.7 Å². The van der Waals surface area contributed by atoms with Crippen LogP contribution in [0.3, 0.4) is 0 Å². The number of halogens is 1. The van der Waals surface area contributed by atoms with Crippen LogP contribution in [-0.2, 0) is 0 Å². The minimum Gasteiger partial charge on any atom is -0.395 e. The molecule has 2 N–H and O–H groups in total. The van der Waals surface area contributed by atoms with Crippen LogP contribution in [0.15, 0.2) is 0 Å². The van der Waals surface area contributed by atoms with Gasteiger partial charge in [0.25, 0.3) is 0 Å². The smallest absolute Gasteiger partial charge is 0.0581 e. The highest BCUT2D eigenvalue weighted by atomic mass is 35.5. The van der Waals surface area contributed by atoms with Crippen LogP contribution in [0.5, 0.6) is 0 Å². The Morgan fingerprint density at radius 3 is 1.82 bits per heavy atom. The number of likely N-dealkylation sites (N-methyl/N-ethyl adjacent to an activating group) is 1. The van der Waals surface area contributed by atoms with E-state index in [1.807, 2.05) is 27.7 Å². The van der Waals surface area contributed by atoms with Crippen molar-refractivity contribution in [1.29, 1.82) is 0 Å². The molecule has 0 radical (unpaired) electrons.